The van der Waals surface area contributed by atoms with Gasteiger partial charge < -0.3 is 10.1 Å². The van der Waals surface area contributed by atoms with Crippen molar-refractivity contribution in [1.82, 2.24) is 10.3 Å². The quantitative estimate of drug-likeness (QED) is 0.682. The monoisotopic (exact) mass is 366 g/mol. The molecule has 138 valence electrons. The van der Waals surface area contributed by atoms with Crippen LogP contribution in [0.1, 0.15) is 31.4 Å². The van der Waals surface area contributed by atoms with E-state index in [9.17, 15) is 9.18 Å². The number of nitrogens with one attached hydrogen (secondary N) is 1. The van der Waals surface area contributed by atoms with Gasteiger partial charge in [0, 0.05) is 37.9 Å². The Bertz CT molecular complexity index is 868. The molecule has 1 amide bonds. The second kappa shape index (κ2) is 8.41. The topological polar surface area (TPSA) is 75.9 Å². The van der Waals surface area contributed by atoms with Crippen molar-refractivity contribution in [3.63, 3.8) is 0 Å². The van der Waals surface area contributed by atoms with Gasteiger partial charge >= 0.3 is 0 Å². The molecule has 1 aromatic heterocycles. The second-order valence-electron chi connectivity index (χ2n) is 6.20. The number of rotatable bonds is 9. The van der Waals surface area contributed by atoms with Crippen LogP contribution in [0.5, 0.6) is 11.5 Å². The molecule has 1 N–H and O–H groups in total. The second-order valence-corrected chi connectivity index (χ2v) is 6.20. The van der Waals surface area contributed by atoms with Crippen molar-refractivity contribution < 1.29 is 13.9 Å². The summed E-state index contributed by atoms with van der Waals surface area (Å²) in [6.45, 7) is 0.283. The lowest BCUT2D eigenvalue weighted by Gasteiger charge is -2.10. The molecule has 0 saturated carbocycles. The third-order valence-corrected chi connectivity index (χ3v) is 4.11. The SMILES string of the molecule is C#CCCC1(CCC(=O)NCc2cc(Oc3ccc(F)cc3)ccn2)N=N1. The van der Waals surface area contributed by atoms with E-state index in [2.05, 4.69) is 26.4 Å². The van der Waals surface area contributed by atoms with Crippen molar-refractivity contribution in [3.8, 4) is 23.8 Å². The lowest BCUT2D eigenvalue weighted by atomic mass is 10.0. The number of pyridine rings is 1. The van der Waals surface area contributed by atoms with E-state index < -0.39 is 5.66 Å². The van der Waals surface area contributed by atoms with Crippen LogP contribution in [-0.2, 0) is 11.3 Å². The number of terminal acetylenes is 1. The highest BCUT2D eigenvalue weighted by Gasteiger charge is 2.39. The first-order valence-electron chi connectivity index (χ1n) is 8.61. The van der Waals surface area contributed by atoms with Crippen LogP contribution in [0.15, 0.2) is 52.8 Å². The summed E-state index contributed by atoms with van der Waals surface area (Å²) in [6, 6.07) is 9.16. The zero-order chi connectivity index (χ0) is 19.1. The van der Waals surface area contributed by atoms with Crippen molar-refractivity contribution in [2.24, 2.45) is 10.2 Å². The fourth-order valence-electron chi connectivity index (χ4n) is 2.51. The highest BCUT2D eigenvalue weighted by Crippen LogP contribution is 2.37. The number of benzene rings is 1. The van der Waals surface area contributed by atoms with E-state index in [0.29, 0.717) is 42.9 Å². The number of halogens is 1. The minimum absolute atomic E-state index is 0.0981. The van der Waals surface area contributed by atoms with Crippen LogP contribution in [0.4, 0.5) is 4.39 Å². The largest absolute Gasteiger partial charge is 0.457 e. The standard InChI is InChI=1S/C20H19FN4O2/c1-2-3-10-20(24-25-20)11-8-19(26)23-14-16-13-18(9-12-22-16)27-17-6-4-15(21)5-7-17/h1,4-7,9,12-13H,3,8,10-11,14H2,(H,23,26). The van der Waals surface area contributed by atoms with E-state index >= 15 is 0 Å². The highest BCUT2D eigenvalue weighted by molar-refractivity contribution is 5.75. The normalized spacial score (nSPS) is 13.6. The van der Waals surface area contributed by atoms with Crippen LogP contribution in [0.25, 0.3) is 0 Å². The van der Waals surface area contributed by atoms with Gasteiger partial charge in [0.05, 0.1) is 12.2 Å². The van der Waals surface area contributed by atoms with Gasteiger partial charge in [0.25, 0.3) is 0 Å². The minimum Gasteiger partial charge on any atom is -0.457 e. The first-order valence-corrected chi connectivity index (χ1v) is 8.61. The summed E-state index contributed by atoms with van der Waals surface area (Å²) in [4.78, 5) is 16.3. The zero-order valence-corrected chi connectivity index (χ0v) is 14.7. The maximum absolute atomic E-state index is 12.9. The van der Waals surface area contributed by atoms with Gasteiger partial charge in [-0.25, -0.2) is 4.39 Å². The number of ether oxygens (including phenoxy) is 1. The lowest BCUT2D eigenvalue weighted by molar-refractivity contribution is -0.121. The summed E-state index contributed by atoms with van der Waals surface area (Å²) in [5, 5.41) is 10.9. The Morgan fingerprint density at radius 3 is 2.67 bits per heavy atom. The van der Waals surface area contributed by atoms with Gasteiger partial charge in [-0.3, -0.25) is 9.78 Å². The van der Waals surface area contributed by atoms with Crippen LogP contribution in [-0.4, -0.2) is 16.6 Å². The molecule has 27 heavy (non-hydrogen) atoms. The Labute approximate surface area is 156 Å². The molecule has 6 nitrogen and oxygen atoms in total. The molecule has 0 spiro atoms. The Kier molecular flexibility index (Phi) is 5.77. The van der Waals surface area contributed by atoms with E-state index in [1.807, 2.05) is 0 Å². The lowest BCUT2D eigenvalue weighted by Crippen LogP contribution is -2.25. The van der Waals surface area contributed by atoms with Crippen LogP contribution in [0, 0.1) is 18.2 Å². The summed E-state index contributed by atoms with van der Waals surface area (Å²) < 4.78 is 18.6. The summed E-state index contributed by atoms with van der Waals surface area (Å²) in [5.41, 5.74) is 0.205. The van der Waals surface area contributed by atoms with Gasteiger partial charge in [-0.05, 0) is 30.3 Å². The molecule has 0 atom stereocenters. The molecular weight excluding hydrogens is 347 g/mol. The van der Waals surface area contributed by atoms with Crippen LogP contribution in [0.3, 0.4) is 0 Å². The van der Waals surface area contributed by atoms with Crippen molar-refractivity contribution in [1.29, 1.82) is 0 Å². The zero-order valence-electron chi connectivity index (χ0n) is 14.7. The molecule has 2 aromatic rings. The maximum Gasteiger partial charge on any atom is 0.220 e. The van der Waals surface area contributed by atoms with Crippen molar-refractivity contribution in [2.75, 3.05) is 0 Å². The predicted molar refractivity (Wildman–Crippen MR) is 97.4 cm³/mol. The van der Waals surface area contributed by atoms with Gasteiger partial charge in [0.1, 0.15) is 17.3 Å². The number of carbonyl (C=O) groups is 1. The van der Waals surface area contributed by atoms with Crippen molar-refractivity contribution in [2.45, 2.75) is 37.9 Å². The molecule has 0 fully saturated rings. The molecule has 1 aliphatic heterocycles. The Hall–Kier alpha value is -3.27. The van der Waals surface area contributed by atoms with Gasteiger partial charge in [0.15, 0.2) is 5.66 Å². The van der Waals surface area contributed by atoms with E-state index in [-0.39, 0.29) is 18.3 Å². The number of aromatic nitrogens is 1. The average Bonchev–Trinajstić information content (AvgIpc) is 3.46. The van der Waals surface area contributed by atoms with E-state index in [0.717, 1.165) is 0 Å². The third kappa shape index (κ3) is 5.61. The van der Waals surface area contributed by atoms with Gasteiger partial charge in [-0.2, -0.15) is 10.2 Å². The number of nitrogens with zero attached hydrogens (tertiary/aromatic N) is 3. The molecule has 0 radical (unpaired) electrons. The molecule has 1 aliphatic rings. The fraction of sp³-hybridized carbons (Fsp3) is 0.300. The molecule has 1 aromatic carbocycles. The molecule has 0 bridgehead atoms. The smallest absolute Gasteiger partial charge is 0.220 e. The number of amides is 1. The van der Waals surface area contributed by atoms with E-state index in [4.69, 9.17) is 11.2 Å². The van der Waals surface area contributed by atoms with Crippen LogP contribution < -0.4 is 10.1 Å². The first kappa shape index (κ1) is 18.5. The molecule has 3 rings (SSSR count). The number of carbonyl (C=O) groups excluding carboxylic acids is 1. The van der Waals surface area contributed by atoms with Gasteiger partial charge in [-0.15, -0.1) is 12.3 Å². The maximum atomic E-state index is 12.9. The van der Waals surface area contributed by atoms with Crippen LogP contribution in [0.2, 0.25) is 0 Å². The van der Waals surface area contributed by atoms with E-state index in [1.165, 1.54) is 12.1 Å². The van der Waals surface area contributed by atoms with Crippen molar-refractivity contribution >= 4 is 5.91 Å². The number of hydrogen-bond acceptors (Lipinski definition) is 5. The molecule has 7 heteroatoms. The number of hydrogen-bond donors (Lipinski definition) is 1. The molecule has 0 saturated heterocycles. The Morgan fingerprint density at radius 2 is 1.96 bits per heavy atom. The summed E-state index contributed by atoms with van der Waals surface area (Å²) in [7, 11) is 0. The van der Waals surface area contributed by atoms with Gasteiger partial charge in [0.2, 0.25) is 5.91 Å². The average molecular weight is 366 g/mol. The summed E-state index contributed by atoms with van der Waals surface area (Å²) in [5.74, 6) is 3.22. The molecular formula is C20H19FN4O2. The summed E-state index contributed by atoms with van der Waals surface area (Å²) >= 11 is 0. The highest BCUT2D eigenvalue weighted by atomic mass is 19.1. The first-order chi connectivity index (χ1) is 13.1. The fourth-order valence-corrected chi connectivity index (χ4v) is 2.51. The molecule has 0 unspecified atom stereocenters. The van der Waals surface area contributed by atoms with Crippen LogP contribution >= 0.6 is 0 Å². The minimum atomic E-state index is -0.453. The van der Waals surface area contributed by atoms with E-state index in [1.54, 1.807) is 30.5 Å². The summed E-state index contributed by atoms with van der Waals surface area (Å²) in [6.07, 6.45) is 9.01. The Balaban J connectivity index is 1.46. The van der Waals surface area contributed by atoms with Gasteiger partial charge in [-0.1, -0.05) is 0 Å². The third-order valence-electron chi connectivity index (χ3n) is 4.11. The molecule has 2 heterocycles. The Morgan fingerprint density at radius 1 is 1.19 bits per heavy atom. The predicted octanol–water partition coefficient (Wildman–Crippen LogP) is 3.98. The van der Waals surface area contributed by atoms with Crippen molar-refractivity contribution in [3.05, 3.63) is 54.1 Å². The molecule has 0 aliphatic carbocycles.